The van der Waals surface area contributed by atoms with Gasteiger partial charge in [0.15, 0.2) is 6.61 Å². The second-order valence-electron chi connectivity index (χ2n) is 6.83. The van der Waals surface area contributed by atoms with Crippen molar-refractivity contribution in [2.75, 3.05) is 13.7 Å². The van der Waals surface area contributed by atoms with Crippen LogP contribution < -0.4 is 10.1 Å². The molecule has 1 N–H and O–H groups in total. The summed E-state index contributed by atoms with van der Waals surface area (Å²) < 4.78 is 11.8. The van der Waals surface area contributed by atoms with Crippen molar-refractivity contribution >= 4 is 29.1 Å². The average Bonchev–Trinajstić information content (AvgIpc) is 3.53. The summed E-state index contributed by atoms with van der Waals surface area (Å²) in [6.07, 6.45) is 1.56. The Kier molecular flexibility index (Phi) is 6.61. The molecule has 0 atom stereocenters. The highest BCUT2D eigenvalue weighted by Crippen LogP contribution is 2.28. The van der Waals surface area contributed by atoms with Crippen LogP contribution in [0.15, 0.2) is 78.3 Å². The van der Waals surface area contributed by atoms with E-state index in [0.717, 1.165) is 10.6 Å². The number of rotatable bonds is 7. The number of hydrogen-bond donors (Lipinski definition) is 1. The second kappa shape index (κ2) is 9.92. The van der Waals surface area contributed by atoms with Crippen molar-refractivity contribution < 1.29 is 23.9 Å². The van der Waals surface area contributed by atoms with Crippen LogP contribution in [0.1, 0.15) is 20.7 Å². The van der Waals surface area contributed by atoms with Gasteiger partial charge < -0.3 is 9.47 Å². The van der Waals surface area contributed by atoms with Gasteiger partial charge in [-0.25, -0.2) is 9.48 Å². The molecule has 8 nitrogen and oxygen atoms in total. The third-order valence-corrected chi connectivity index (χ3v) is 5.53. The molecule has 2 aromatic carbocycles. The summed E-state index contributed by atoms with van der Waals surface area (Å²) in [7, 11) is 1.51. The van der Waals surface area contributed by atoms with E-state index in [4.69, 9.17) is 9.47 Å². The van der Waals surface area contributed by atoms with Crippen molar-refractivity contribution in [3.63, 3.8) is 0 Å². The van der Waals surface area contributed by atoms with Crippen molar-refractivity contribution in [2.45, 2.75) is 0 Å². The molecule has 4 aromatic rings. The Bertz CT molecular complexity index is 1270. The van der Waals surface area contributed by atoms with Gasteiger partial charge in [-0.1, -0.05) is 24.3 Å². The lowest BCUT2D eigenvalue weighted by atomic mass is 10.2. The van der Waals surface area contributed by atoms with Gasteiger partial charge in [-0.3, -0.25) is 14.9 Å². The van der Waals surface area contributed by atoms with Gasteiger partial charge in [-0.05, 0) is 47.8 Å². The number of nitrogens with zero attached hydrogens (tertiary/aromatic N) is 2. The zero-order valence-corrected chi connectivity index (χ0v) is 18.4. The summed E-state index contributed by atoms with van der Waals surface area (Å²) in [4.78, 5) is 38.0. The van der Waals surface area contributed by atoms with Crippen LogP contribution in [0, 0.1) is 0 Å². The fourth-order valence-electron chi connectivity index (χ4n) is 3.02. The lowest BCUT2D eigenvalue weighted by Gasteiger charge is -2.06. The Labute approximate surface area is 193 Å². The molecular formula is C24H19N3O5S. The molecule has 0 unspecified atom stereocenters. The summed E-state index contributed by atoms with van der Waals surface area (Å²) in [6, 6.07) is 19.3. The summed E-state index contributed by atoms with van der Waals surface area (Å²) in [5.74, 6) is -1.47. The molecule has 2 aromatic heterocycles. The Hall–Kier alpha value is -4.24. The first-order valence-corrected chi connectivity index (χ1v) is 10.8. The third-order valence-electron chi connectivity index (χ3n) is 4.65. The Morgan fingerprint density at radius 1 is 1.00 bits per heavy atom. The highest BCUT2D eigenvalue weighted by atomic mass is 32.1. The fraction of sp³-hybridized carbons (Fsp3) is 0.0833. The first kappa shape index (κ1) is 22.0. The Morgan fingerprint density at radius 2 is 1.76 bits per heavy atom. The number of nitrogens with one attached hydrogen (secondary N) is 1. The van der Waals surface area contributed by atoms with Crippen LogP contribution in [0.4, 0.5) is 0 Å². The van der Waals surface area contributed by atoms with Crippen LogP contribution in [0.5, 0.6) is 5.75 Å². The summed E-state index contributed by atoms with van der Waals surface area (Å²) >= 11 is 1.43. The summed E-state index contributed by atoms with van der Waals surface area (Å²) in [5.41, 5.74) is 1.72. The maximum Gasteiger partial charge on any atom is 0.342 e. The van der Waals surface area contributed by atoms with E-state index >= 15 is 0 Å². The number of imide groups is 1. The lowest BCUT2D eigenvalue weighted by molar-refractivity contribution is -0.123. The SMILES string of the molecule is COc1ccc(C(=O)NC(=O)COC(=O)c2cn(-c3ccccc3)nc2-c2cccs2)cc1. The van der Waals surface area contributed by atoms with Crippen LogP contribution in [-0.4, -0.2) is 41.3 Å². The molecule has 166 valence electrons. The Morgan fingerprint density at radius 3 is 2.42 bits per heavy atom. The molecule has 0 spiro atoms. The van der Waals surface area contributed by atoms with Gasteiger partial charge >= 0.3 is 5.97 Å². The van der Waals surface area contributed by atoms with Crippen LogP contribution in [-0.2, 0) is 9.53 Å². The van der Waals surface area contributed by atoms with Crippen LogP contribution in [0.3, 0.4) is 0 Å². The molecular weight excluding hydrogens is 442 g/mol. The lowest BCUT2D eigenvalue weighted by Crippen LogP contribution is -2.34. The molecule has 9 heteroatoms. The van der Waals surface area contributed by atoms with Gasteiger partial charge in [0.2, 0.25) is 0 Å². The molecule has 0 aliphatic carbocycles. The van der Waals surface area contributed by atoms with Crippen molar-refractivity contribution in [1.29, 1.82) is 0 Å². The van der Waals surface area contributed by atoms with E-state index in [1.807, 2.05) is 47.8 Å². The molecule has 0 bridgehead atoms. The highest BCUT2D eigenvalue weighted by molar-refractivity contribution is 7.13. The van der Waals surface area contributed by atoms with E-state index in [2.05, 4.69) is 10.4 Å². The third kappa shape index (κ3) is 5.16. The maximum atomic E-state index is 12.8. The second-order valence-corrected chi connectivity index (χ2v) is 7.78. The number of carbonyl (C=O) groups is 3. The minimum atomic E-state index is -0.739. The van der Waals surface area contributed by atoms with Gasteiger partial charge in [0.05, 0.1) is 17.7 Å². The first-order chi connectivity index (χ1) is 16.0. The number of ether oxygens (including phenoxy) is 2. The number of benzene rings is 2. The molecule has 0 aliphatic heterocycles. The number of amides is 2. The van der Waals surface area contributed by atoms with Gasteiger partial charge in [-0.15, -0.1) is 11.3 Å². The molecule has 0 aliphatic rings. The predicted octanol–water partition coefficient (Wildman–Crippen LogP) is 3.72. The van der Waals surface area contributed by atoms with Crippen LogP contribution >= 0.6 is 11.3 Å². The van der Waals surface area contributed by atoms with E-state index in [-0.39, 0.29) is 11.1 Å². The number of thiophene rings is 1. The van der Waals surface area contributed by atoms with Crippen molar-refractivity contribution in [2.24, 2.45) is 0 Å². The number of aromatic nitrogens is 2. The summed E-state index contributed by atoms with van der Waals surface area (Å²) in [6.45, 7) is -0.610. The fourth-order valence-corrected chi connectivity index (χ4v) is 3.74. The zero-order valence-electron chi connectivity index (χ0n) is 17.6. The predicted molar refractivity (Wildman–Crippen MR) is 123 cm³/mol. The van der Waals surface area contributed by atoms with Gasteiger partial charge in [-0.2, -0.15) is 5.10 Å². The van der Waals surface area contributed by atoms with Crippen molar-refractivity contribution in [1.82, 2.24) is 15.1 Å². The zero-order chi connectivity index (χ0) is 23.2. The van der Waals surface area contributed by atoms with Gasteiger partial charge in [0.25, 0.3) is 11.8 Å². The van der Waals surface area contributed by atoms with Crippen molar-refractivity contribution in [3.8, 4) is 22.0 Å². The number of hydrogen-bond acceptors (Lipinski definition) is 7. The molecule has 0 saturated carbocycles. The quantitative estimate of drug-likeness (QED) is 0.421. The topological polar surface area (TPSA) is 99.5 Å². The van der Waals surface area contributed by atoms with E-state index in [1.165, 1.54) is 30.6 Å². The normalized spacial score (nSPS) is 10.5. The Balaban J connectivity index is 1.45. The average molecular weight is 461 g/mol. The van der Waals surface area contributed by atoms with Crippen LogP contribution in [0.25, 0.3) is 16.3 Å². The summed E-state index contributed by atoms with van der Waals surface area (Å²) in [5, 5.41) is 8.61. The first-order valence-electron chi connectivity index (χ1n) is 9.89. The van der Waals surface area contributed by atoms with E-state index in [0.29, 0.717) is 11.4 Å². The molecule has 2 heterocycles. The molecule has 0 radical (unpaired) electrons. The standard InChI is InChI=1S/C24H19N3O5S/c1-31-18-11-9-16(10-12-18)23(29)25-21(28)15-32-24(30)19-14-27(17-6-3-2-4-7-17)26-22(19)20-8-5-13-33-20/h2-14H,15H2,1H3,(H,25,28,29). The van der Waals surface area contributed by atoms with Crippen molar-refractivity contribution in [3.05, 3.63) is 89.4 Å². The van der Waals surface area contributed by atoms with E-state index < -0.39 is 24.4 Å². The molecule has 0 saturated heterocycles. The maximum absolute atomic E-state index is 12.8. The van der Waals surface area contributed by atoms with Crippen LogP contribution in [0.2, 0.25) is 0 Å². The number of para-hydroxylation sites is 1. The van der Waals surface area contributed by atoms with E-state index in [1.54, 1.807) is 23.0 Å². The molecule has 33 heavy (non-hydrogen) atoms. The smallest absolute Gasteiger partial charge is 0.342 e. The number of carbonyl (C=O) groups excluding carboxylic acids is 3. The van der Waals surface area contributed by atoms with Gasteiger partial charge in [0, 0.05) is 11.8 Å². The largest absolute Gasteiger partial charge is 0.497 e. The molecule has 2 amide bonds. The number of methoxy groups -OCH3 is 1. The number of esters is 1. The minimum Gasteiger partial charge on any atom is -0.497 e. The molecule has 0 fully saturated rings. The van der Waals surface area contributed by atoms with Gasteiger partial charge in [0.1, 0.15) is 17.0 Å². The van der Waals surface area contributed by atoms with E-state index in [9.17, 15) is 14.4 Å². The monoisotopic (exact) mass is 461 g/mol. The highest BCUT2D eigenvalue weighted by Gasteiger charge is 2.22. The minimum absolute atomic E-state index is 0.218. The molecule has 4 rings (SSSR count).